The summed E-state index contributed by atoms with van der Waals surface area (Å²) in [5.41, 5.74) is 0.629. The fourth-order valence-electron chi connectivity index (χ4n) is 1.52. The number of nitrogens with zero attached hydrogens (tertiary/aromatic N) is 1. The molecule has 0 fully saturated rings. The van der Waals surface area contributed by atoms with Gasteiger partial charge in [-0.1, -0.05) is 0 Å². The summed E-state index contributed by atoms with van der Waals surface area (Å²) in [4.78, 5) is 15.1. The average Bonchev–Trinajstić information content (AvgIpc) is 2.28. The highest BCUT2D eigenvalue weighted by Gasteiger charge is 2.21. The van der Waals surface area contributed by atoms with Gasteiger partial charge in [-0.3, -0.25) is 4.79 Å². The van der Waals surface area contributed by atoms with E-state index < -0.39 is 18.0 Å². The Morgan fingerprint density at radius 3 is 2.71 bits per heavy atom. The highest BCUT2D eigenvalue weighted by Crippen LogP contribution is 2.24. The summed E-state index contributed by atoms with van der Waals surface area (Å²) < 4.78 is 0.573. The molecule has 0 bridgehead atoms. The molecule has 1 heterocycles. The summed E-state index contributed by atoms with van der Waals surface area (Å²) in [6.45, 7) is -0.355. The number of aromatic nitrogens is 1. The van der Waals surface area contributed by atoms with Crippen molar-refractivity contribution >= 4 is 21.9 Å². The number of halogens is 1. The number of rotatable bonds is 6. The summed E-state index contributed by atoms with van der Waals surface area (Å²) in [6, 6.07) is 3.28. The standard InChI is InChI=1S/C11H14BrNO4/c12-10-5-7(3-4-13-10)9(11(16)17)2-1-8(15)6-14/h3-5,8-9,14-15H,1-2,6H2,(H,16,17). The minimum absolute atomic E-state index is 0.243. The number of pyridine rings is 1. The lowest BCUT2D eigenvalue weighted by Crippen LogP contribution is -2.17. The third-order valence-electron chi connectivity index (χ3n) is 2.45. The lowest BCUT2D eigenvalue weighted by atomic mass is 9.94. The lowest BCUT2D eigenvalue weighted by molar-refractivity contribution is -0.139. The molecule has 0 saturated carbocycles. The first kappa shape index (κ1) is 14.1. The van der Waals surface area contributed by atoms with Crippen LogP contribution in [0.15, 0.2) is 22.9 Å². The summed E-state index contributed by atoms with van der Waals surface area (Å²) in [6.07, 6.45) is 1.17. The Balaban J connectivity index is 2.76. The van der Waals surface area contributed by atoms with E-state index in [1.165, 1.54) is 6.20 Å². The second kappa shape index (κ2) is 6.68. The van der Waals surface area contributed by atoms with Crippen LogP contribution < -0.4 is 0 Å². The molecule has 5 nitrogen and oxygen atoms in total. The van der Waals surface area contributed by atoms with Crippen LogP contribution in [0, 0.1) is 0 Å². The largest absolute Gasteiger partial charge is 0.481 e. The molecule has 1 aromatic rings. The van der Waals surface area contributed by atoms with Crippen molar-refractivity contribution in [3.63, 3.8) is 0 Å². The molecule has 0 aliphatic rings. The molecule has 1 aromatic heterocycles. The Bertz CT molecular complexity index is 385. The van der Waals surface area contributed by atoms with Gasteiger partial charge in [-0.15, -0.1) is 0 Å². The smallest absolute Gasteiger partial charge is 0.310 e. The van der Waals surface area contributed by atoms with Crippen molar-refractivity contribution in [2.45, 2.75) is 24.9 Å². The molecule has 0 aliphatic heterocycles. The zero-order valence-electron chi connectivity index (χ0n) is 9.08. The second-order valence-corrected chi connectivity index (χ2v) is 4.53. The molecule has 0 saturated heterocycles. The van der Waals surface area contributed by atoms with E-state index in [1.807, 2.05) is 0 Å². The quantitative estimate of drug-likeness (QED) is 0.686. The van der Waals surface area contributed by atoms with Gasteiger partial charge < -0.3 is 15.3 Å². The molecular weight excluding hydrogens is 290 g/mol. The topological polar surface area (TPSA) is 90.7 Å². The van der Waals surface area contributed by atoms with E-state index >= 15 is 0 Å². The van der Waals surface area contributed by atoms with Gasteiger partial charge in [0.1, 0.15) is 4.60 Å². The minimum Gasteiger partial charge on any atom is -0.481 e. The monoisotopic (exact) mass is 303 g/mol. The van der Waals surface area contributed by atoms with Crippen molar-refractivity contribution in [1.29, 1.82) is 0 Å². The van der Waals surface area contributed by atoms with Gasteiger partial charge in [-0.2, -0.15) is 0 Å². The van der Waals surface area contributed by atoms with E-state index in [1.54, 1.807) is 12.1 Å². The summed E-state index contributed by atoms with van der Waals surface area (Å²) in [5.74, 6) is -1.65. The number of carbonyl (C=O) groups is 1. The Morgan fingerprint density at radius 1 is 1.47 bits per heavy atom. The van der Waals surface area contributed by atoms with Crippen LogP contribution in [0.4, 0.5) is 0 Å². The van der Waals surface area contributed by atoms with Gasteiger partial charge in [-0.25, -0.2) is 4.98 Å². The Labute approximate surface area is 107 Å². The maximum atomic E-state index is 11.1. The minimum atomic E-state index is -0.951. The highest BCUT2D eigenvalue weighted by molar-refractivity contribution is 9.10. The molecule has 2 atom stereocenters. The third kappa shape index (κ3) is 4.41. The van der Waals surface area contributed by atoms with Crippen molar-refractivity contribution in [3.8, 4) is 0 Å². The fraction of sp³-hybridized carbons (Fsp3) is 0.455. The summed E-state index contributed by atoms with van der Waals surface area (Å²) >= 11 is 3.18. The van der Waals surface area contributed by atoms with E-state index in [0.717, 1.165) is 0 Å². The normalized spacial score (nSPS) is 14.3. The molecule has 17 heavy (non-hydrogen) atoms. The first-order valence-electron chi connectivity index (χ1n) is 5.17. The van der Waals surface area contributed by atoms with Gasteiger partial charge >= 0.3 is 5.97 Å². The molecule has 94 valence electrons. The molecule has 0 aliphatic carbocycles. The van der Waals surface area contributed by atoms with E-state index in [9.17, 15) is 9.90 Å². The van der Waals surface area contributed by atoms with E-state index in [-0.39, 0.29) is 19.4 Å². The van der Waals surface area contributed by atoms with E-state index in [0.29, 0.717) is 10.2 Å². The van der Waals surface area contributed by atoms with Crippen molar-refractivity contribution in [2.24, 2.45) is 0 Å². The third-order valence-corrected chi connectivity index (χ3v) is 2.88. The van der Waals surface area contributed by atoms with Crippen molar-refractivity contribution in [2.75, 3.05) is 6.61 Å². The maximum Gasteiger partial charge on any atom is 0.310 e. The number of aliphatic hydroxyl groups excluding tert-OH is 2. The molecule has 3 N–H and O–H groups in total. The van der Waals surface area contributed by atoms with Crippen LogP contribution in [0.5, 0.6) is 0 Å². The summed E-state index contributed by atoms with van der Waals surface area (Å²) in [5, 5.41) is 27.0. The van der Waals surface area contributed by atoms with Gasteiger partial charge in [0, 0.05) is 6.20 Å². The predicted molar refractivity (Wildman–Crippen MR) is 64.6 cm³/mol. The number of aliphatic hydroxyl groups is 2. The Kier molecular flexibility index (Phi) is 5.54. The zero-order chi connectivity index (χ0) is 12.8. The van der Waals surface area contributed by atoms with Crippen molar-refractivity contribution in [3.05, 3.63) is 28.5 Å². The van der Waals surface area contributed by atoms with Gasteiger partial charge in [0.15, 0.2) is 0 Å². The fourth-order valence-corrected chi connectivity index (χ4v) is 1.90. The highest BCUT2D eigenvalue weighted by atomic mass is 79.9. The number of aliphatic carboxylic acids is 1. The van der Waals surface area contributed by atoms with Crippen LogP contribution >= 0.6 is 15.9 Å². The van der Waals surface area contributed by atoms with Crippen LogP contribution in [0.3, 0.4) is 0 Å². The average molecular weight is 304 g/mol. The van der Waals surface area contributed by atoms with Crippen LogP contribution in [-0.4, -0.2) is 39.0 Å². The van der Waals surface area contributed by atoms with E-state index in [2.05, 4.69) is 20.9 Å². The Morgan fingerprint density at radius 2 is 2.18 bits per heavy atom. The molecule has 0 amide bonds. The van der Waals surface area contributed by atoms with Crippen molar-refractivity contribution in [1.82, 2.24) is 4.98 Å². The predicted octanol–water partition coefficient (Wildman–Crippen LogP) is 1.15. The van der Waals surface area contributed by atoms with Gasteiger partial charge in [-0.05, 0) is 46.5 Å². The number of carboxylic acids is 1. The van der Waals surface area contributed by atoms with Crippen LogP contribution in [0.1, 0.15) is 24.3 Å². The summed E-state index contributed by atoms with van der Waals surface area (Å²) in [7, 11) is 0. The first-order chi connectivity index (χ1) is 8.04. The number of carboxylic acid groups (broad SMARTS) is 1. The molecule has 2 unspecified atom stereocenters. The van der Waals surface area contributed by atoms with Crippen LogP contribution in [0.2, 0.25) is 0 Å². The Hall–Kier alpha value is -0.980. The van der Waals surface area contributed by atoms with Crippen LogP contribution in [-0.2, 0) is 4.79 Å². The molecule has 0 radical (unpaired) electrons. The molecular formula is C11H14BrNO4. The van der Waals surface area contributed by atoms with Crippen LogP contribution in [0.25, 0.3) is 0 Å². The molecule has 0 spiro atoms. The van der Waals surface area contributed by atoms with Crippen molar-refractivity contribution < 1.29 is 20.1 Å². The molecule has 0 aromatic carbocycles. The van der Waals surface area contributed by atoms with Gasteiger partial charge in [0.2, 0.25) is 0 Å². The maximum absolute atomic E-state index is 11.1. The van der Waals surface area contributed by atoms with Gasteiger partial charge in [0.05, 0.1) is 18.6 Å². The molecule has 6 heteroatoms. The first-order valence-corrected chi connectivity index (χ1v) is 5.97. The number of hydrogen-bond acceptors (Lipinski definition) is 4. The number of hydrogen-bond donors (Lipinski definition) is 3. The molecule has 1 rings (SSSR count). The SMILES string of the molecule is O=C(O)C(CCC(O)CO)c1ccnc(Br)c1. The van der Waals surface area contributed by atoms with Gasteiger partial charge in [0.25, 0.3) is 0 Å². The van der Waals surface area contributed by atoms with E-state index in [4.69, 9.17) is 10.2 Å². The lowest BCUT2D eigenvalue weighted by Gasteiger charge is -2.14. The second-order valence-electron chi connectivity index (χ2n) is 3.72. The zero-order valence-corrected chi connectivity index (χ0v) is 10.7.